The van der Waals surface area contributed by atoms with Gasteiger partial charge in [0.25, 0.3) is 0 Å². The van der Waals surface area contributed by atoms with Crippen LogP contribution >= 0.6 is 0 Å². The molecule has 0 rings (SSSR count). The number of aliphatic hydroxyl groups excluding tert-OH is 1. The van der Waals surface area contributed by atoms with Crippen molar-refractivity contribution >= 4 is 8.07 Å². The molecule has 0 aromatic carbocycles. The van der Waals surface area contributed by atoms with Crippen molar-refractivity contribution in [3.63, 3.8) is 0 Å². The predicted octanol–water partition coefficient (Wildman–Crippen LogP) is 4.73. The Hall–Kier alpha value is -0.343. The fourth-order valence-electron chi connectivity index (χ4n) is 2.23. The standard InChI is InChI=1S/C16H32OSi/c1-8-10-16(17)14(4)15(13(2)3)11-9-12-18(5,6)7/h8-9,11,13-17H,1,10,12H2,2-7H3/b11-9+/t14-,15-,16?/m0/s1. The molecule has 106 valence electrons. The Bertz CT molecular complexity index is 263. The molecule has 0 fully saturated rings. The van der Waals surface area contributed by atoms with E-state index in [0.29, 0.717) is 24.2 Å². The van der Waals surface area contributed by atoms with Crippen molar-refractivity contribution in [2.24, 2.45) is 17.8 Å². The van der Waals surface area contributed by atoms with E-state index in [2.05, 4.69) is 59.1 Å². The third-order valence-electron chi connectivity index (χ3n) is 3.48. The summed E-state index contributed by atoms with van der Waals surface area (Å²) >= 11 is 0. The molecule has 18 heavy (non-hydrogen) atoms. The van der Waals surface area contributed by atoms with Gasteiger partial charge in [-0.1, -0.05) is 58.6 Å². The Labute approximate surface area is 115 Å². The number of hydrogen-bond acceptors (Lipinski definition) is 1. The first-order valence-electron chi connectivity index (χ1n) is 7.14. The summed E-state index contributed by atoms with van der Waals surface area (Å²) in [6, 6.07) is 1.22. The third-order valence-corrected chi connectivity index (χ3v) is 4.94. The molecular formula is C16H32OSi. The fourth-order valence-corrected chi connectivity index (χ4v) is 3.07. The van der Waals surface area contributed by atoms with E-state index < -0.39 is 8.07 Å². The summed E-state index contributed by atoms with van der Waals surface area (Å²) in [7, 11) is -1.00. The molecule has 0 saturated carbocycles. The monoisotopic (exact) mass is 268 g/mol. The van der Waals surface area contributed by atoms with E-state index >= 15 is 0 Å². The molecule has 0 bridgehead atoms. The van der Waals surface area contributed by atoms with E-state index in [0.717, 1.165) is 0 Å². The Morgan fingerprint density at radius 2 is 1.72 bits per heavy atom. The first-order chi connectivity index (χ1) is 8.19. The second-order valence-corrected chi connectivity index (χ2v) is 12.5. The van der Waals surface area contributed by atoms with Gasteiger partial charge in [0.05, 0.1) is 6.10 Å². The second kappa shape index (κ2) is 7.95. The van der Waals surface area contributed by atoms with Gasteiger partial charge in [-0.15, -0.1) is 6.58 Å². The topological polar surface area (TPSA) is 20.2 Å². The van der Waals surface area contributed by atoms with Gasteiger partial charge < -0.3 is 5.11 Å². The van der Waals surface area contributed by atoms with Crippen molar-refractivity contribution in [3.05, 3.63) is 24.8 Å². The average molecular weight is 269 g/mol. The van der Waals surface area contributed by atoms with Crippen LogP contribution in [0.15, 0.2) is 24.8 Å². The lowest BCUT2D eigenvalue weighted by Crippen LogP contribution is -2.27. The zero-order valence-electron chi connectivity index (χ0n) is 13.1. The summed E-state index contributed by atoms with van der Waals surface area (Å²) in [5.74, 6) is 1.31. The normalized spacial score (nSPS) is 18.0. The number of hydrogen-bond donors (Lipinski definition) is 1. The molecule has 1 unspecified atom stereocenters. The maximum Gasteiger partial charge on any atom is 0.0605 e. The molecule has 0 aliphatic carbocycles. The van der Waals surface area contributed by atoms with Crippen molar-refractivity contribution < 1.29 is 5.11 Å². The quantitative estimate of drug-likeness (QED) is 0.498. The molecule has 2 heteroatoms. The molecule has 0 aromatic rings. The maximum absolute atomic E-state index is 10.1. The molecule has 0 saturated heterocycles. The summed E-state index contributed by atoms with van der Waals surface area (Å²) in [4.78, 5) is 0. The van der Waals surface area contributed by atoms with Crippen molar-refractivity contribution in [3.8, 4) is 0 Å². The SMILES string of the molecule is C=CCC(O)[C@@H](C)[C@@H](/C=C/C[Si](C)(C)C)C(C)C. The van der Waals surface area contributed by atoms with E-state index in [1.54, 1.807) is 0 Å². The lowest BCUT2D eigenvalue weighted by molar-refractivity contribution is 0.0846. The van der Waals surface area contributed by atoms with Crippen molar-refractivity contribution in [2.45, 2.75) is 59.0 Å². The molecule has 0 amide bonds. The molecule has 0 aromatic heterocycles. The predicted molar refractivity (Wildman–Crippen MR) is 85.6 cm³/mol. The Morgan fingerprint density at radius 3 is 2.11 bits per heavy atom. The summed E-state index contributed by atoms with van der Waals surface area (Å²) < 4.78 is 0. The van der Waals surface area contributed by atoms with Crippen LogP contribution in [0.3, 0.4) is 0 Å². The average Bonchev–Trinajstić information content (AvgIpc) is 2.22. The van der Waals surface area contributed by atoms with Gasteiger partial charge in [0.2, 0.25) is 0 Å². The number of rotatable bonds is 8. The Kier molecular flexibility index (Phi) is 7.80. The van der Waals surface area contributed by atoms with Gasteiger partial charge in [-0.25, -0.2) is 0 Å². The van der Waals surface area contributed by atoms with Gasteiger partial charge in [-0.3, -0.25) is 0 Å². The molecule has 0 spiro atoms. The van der Waals surface area contributed by atoms with E-state index in [4.69, 9.17) is 0 Å². The minimum Gasteiger partial charge on any atom is -0.393 e. The first kappa shape index (κ1) is 17.7. The second-order valence-electron chi connectivity index (χ2n) is 6.97. The Morgan fingerprint density at radius 1 is 1.17 bits per heavy atom. The smallest absolute Gasteiger partial charge is 0.0605 e. The van der Waals surface area contributed by atoms with Gasteiger partial charge in [-0.05, 0) is 30.2 Å². The van der Waals surface area contributed by atoms with Crippen LogP contribution in [0.25, 0.3) is 0 Å². The molecule has 1 nitrogen and oxygen atoms in total. The van der Waals surface area contributed by atoms with Gasteiger partial charge in [-0.2, -0.15) is 0 Å². The molecule has 3 atom stereocenters. The summed E-state index contributed by atoms with van der Waals surface area (Å²) in [5.41, 5.74) is 0. The highest BCUT2D eigenvalue weighted by Gasteiger charge is 2.24. The van der Waals surface area contributed by atoms with Gasteiger partial charge in [0, 0.05) is 8.07 Å². The van der Waals surface area contributed by atoms with Crippen LogP contribution in [0.5, 0.6) is 0 Å². The van der Waals surface area contributed by atoms with Crippen molar-refractivity contribution in [2.75, 3.05) is 0 Å². The Balaban J connectivity index is 4.61. The van der Waals surface area contributed by atoms with E-state index in [1.807, 2.05) is 6.08 Å². The minimum absolute atomic E-state index is 0.272. The van der Waals surface area contributed by atoms with Crippen molar-refractivity contribution in [1.29, 1.82) is 0 Å². The van der Waals surface area contributed by atoms with E-state index in [1.165, 1.54) is 6.04 Å². The van der Waals surface area contributed by atoms with Crippen LogP contribution in [0, 0.1) is 17.8 Å². The highest BCUT2D eigenvalue weighted by Crippen LogP contribution is 2.27. The molecule has 0 heterocycles. The lowest BCUT2D eigenvalue weighted by Gasteiger charge is -2.28. The fraction of sp³-hybridized carbons (Fsp3) is 0.750. The molecule has 0 radical (unpaired) electrons. The zero-order chi connectivity index (χ0) is 14.3. The lowest BCUT2D eigenvalue weighted by atomic mass is 9.80. The van der Waals surface area contributed by atoms with Gasteiger partial charge in [0.1, 0.15) is 0 Å². The molecule has 0 aliphatic rings. The highest BCUT2D eigenvalue weighted by molar-refractivity contribution is 6.76. The van der Waals surface area contributed by atoms with Crippen LogP contribution in [0.2, 0.25) is 25.7 Å². The summed E-state index contributed by atoms with van der Waals surface area (Å²) in [5, 5.41) is 10.1. The van der Waals surface area contributed by atoms with Crippen LogP contribution in [0.4, 0.5) is 0 Å². The number of allylic oxidation sites excluding steroid dienone is 2. The minimum atomic E-state index is -1.00. The first-order valence-corrected chi connectivity index (χ1v) is 10.9. The third kappa shape index (κ3) is 7.17. The van der Waals surface area contributed by atoms with Crippen LogP contribution in [0.1, 0.15) is 27.2 Å². The summed E-state index contributed by atoms with van der Waals surface area (Å²) in [6.45, 7) is 17.5. The van der Waals surface area contributed by atoms with Crippen LogP contribution in [-0.2, 0) is 0 Å². The molecule has 0 aliphatic heterocycles. The highest BCUT2D eigenvalue weighted by atomic mass is 28.3. The summed E-state index contributed by atoms with van der Waals surface area (Å²) in [6.07, 6.45) is 6.90. The van der Waals surface area contributed by atoms with Gasteiger partial charge >= 0.3 is 0 Å². The molecule has 1 N–H and O–H groups in total. The van der Waals surface area contributed by atoms with E-state index in [-0.39, 0.29) is 6.10 Å². The maximum atomic E-state index is 10.1. The number of aliphatic hydroxyl groups is 1. The zero-order valence-corrected chi connectivity index (χ0v) is 14.1. The van der Waals surface area contributed by atoms with E-state index in [9.17, 15) is 5.11 Å². The van der Waals surface area contributed by atoms with Crippen molar-refractivity contribution in [1.82, 2.24) is 0 Å². The molecular weight excluding hydrogens is 236 g/mol. The largest absolute Gasteiger partial charge is 0.393 e. The van der Waals surface area contributed by atoms with Gasteiger partial charge in [0.15, 0.2) is 0 Å². The van der Waals surface area contributed by atoms with Crippen LogP contribution in [-0.4, -0.2) is 19.3 Å². The van der Waals surface area contributed by atoms with Crippen LogP contribution < -0.4 is 0 Å².